The van der Waals surface area contributed by atoms with Crippen LogP contribution in [0.2, 0.25) is 0 Å². The molecule has 4 aromatic rings. The third-order valence-electron chi connectivity index (χ3n) is 6.48. The molecule has 2 aromatic heterocycles. The van der Waals surface area contributed by atoms with E-state index in [2.05, 4.69) is 25.9 Å². The molecule has 13 heteroatoms. The number of hydrogen-bond acceptors (Lipinski definition) is 8. The molecule has 0 aliphatic rings. The van der Waals surface area contributed by atoms with Crippen molar-refractivity contribution in [2.45, 2.75) is 25.8 Å². The molecule has 0 saturated carbocycles. The van der Waals surface area contributed by atoms with Crippen molar-refractivity contribution >= 4 is 29.0 Å². The molecule has 0 bridgehead atoms. The number of anilines is 2. The number of fused-ring (bicyclic) bond motifs is 1. The van der Waals surface area contributed by atoms with Crippen LogP contribution in [0.4, 0.5) is 20.3 Å². The summed E-state index contributed by atoms with van der Waals surface area (Å²) >= 11 is 0. The van der Waals surface area contributed by atoms with Gasteiger partial charge in [0.15, 0.2) is 23.0 Å². The van der Waals surface area contributed by atoms with Crippen LogP contribution in [0.5, 0.6) is 5.75 Å². The molecule has 0 aliphatic carbocycles. The van der Waals surface area contributed by atoms with Gasteiger partial charge in [0.25, 0.3) is 5.91 Å². The molecule has 6 N–H and O–H groups in total. The van der Waals surface area contributed by atoms with Gasteiger partial charge < -0.3 is 31.5 Å². The van der Waals surface area contributed by atoms with Crippen molar-refractivity contribution in [2.24, 2.45) is 5.73 Å². The normalized spacial score (nSPS) is 11.8. The monoisotopic (exact) mass is 567 g/mol. The van der Waals surface area contributed by atoms with Gasteiger partial charge in [-0.3, -0.25) is 14.0 Å². The molecule has 41 heavy (non-hydrogen) atoms. The lowest BCUT2D eigenvalue weighted by molar-refractivity contribution is -0.138. The second kappa shape index (κ2) is 13.2. The first-order valence-corrected chi connectivity index (χ1v) is 12.9. The molecule has 216 valence electrons. The number of aryl methyl sites for hydroxylation is 1. The number of imidazole rings is 1. The minimum Gasteiger partial charge on any atom is -0.494 e. The fraction of sp³-hybridized carbons (Fsp3) is 0.286. The van der Waals surface area contributed by atoms with Crippen molar-refractivity contribution in [2.75, 3.05) is 32.1 Å². The van der Waals surface area contributed by atoms with Crippen LogP contribution in [0.1, 0.15) is 28.8 Å². The van der Waals surface area contributed by atoms with Crippen LogP contribution in [0, 0.1) is 18.6 Å². The number of carboxylic acids is 1. The van der Waals surface area contributed by atoms with Gasteiger partial charge in [-0.2, -0.15) is 4.39 Å². The molecule has 0 aliphatic heterocycles. The highest BCUT2D eigenvalue weighted by Gasteiger charge is 2.19. The van der Waals surface area contributed by atoms with Crippen molar-refractivity contribution in [1.82, 2.24) is 25.0 Å². The second-order valence-electron chi connectivity index (χ2n) is 9.30. The van der Waals surface area contributed by atoms with Gasteiger partial charge in [-0.25, -0.2) is 14.4 Å². The highest BCUT2D eigenvalue weighted by atomic mass is 19.2. The predicted octanol–water partition coefficient (Wildman–Crippen LogP) is 3.25. The molecule has 0 radical (unpaired) electrons. The molecule has 0 spiro atoms. The number of ether oxygens (including phenoxy) is 1. The lowest BCUT2D eigenvalue weighted by atomic mass is 10.1. The van der Waals surface area contributed by atoms with Crippen LogP contribution in [-0.2, 0) is 4.79 Å². The molecule has 2 aromatic carbocycles. The fourth-order valence-corrected chi connectivity index (χ4v) is 4.28. The van der Waals surface area contributed by atoms with Gasteiger partial charge >= 0.3 is 5.97 Å². The Morgan fingerprint density at radius 1 is 1.12 bits per heavy atom. The summed E-state index contributed by atoms with van der Waals surface area (Å²) in [6.07, 6.45) is 5.55. The van der Waals surface area contributed by atoms with E-state index in [4.69, 9.17) is 15.6 Å². The third kappa shape index (κ3) is 6.76. The van der Waals surface area contributed by atoms with Gasteiger partial charge in [0.1, 0.15) is 6.04 Å². The van der Waals surface area contributed by atoms with E-state index < -0.39 is 23.6 Å². The second-order valence-corrected chi connectivity index (χ2v) is 9.30. The van der Waals surface area contributed by atoms with Gasteiger partial charge in [0, 0.05) is 42.3 Å². The van der Waals surface area contributed by atoms with Crippen LogP contribution < -0.4 is 26.4 Å². The average Bonchev–Trinajstić information content (AvgIpc) is 3.38. The third-order valence-corrected chi connectivity index (χ3v) is 6.48. The van der Waals surface area contributed by atoms with Gasteiger partial charge in [0.05, 0.1) is 19.0 Å². The molecule has 4 rings (SSSR count). The van der Waals surface area contributed by atoms with E-state index in [1.165, 1.54) is 31.6 Å². The van der Waals surface area contributed by atoms with Crippen LogP contribution >= 0.6 is 0 Å². The SMILES string of the molecule is COc1ccc(-c2cnc3c(Nc4ccc(C(=O)NCCNCCC[C@H](N)C(=O)O)c(C)c4)nccn23)c(F)c1F. The maximum Gasteiger partial charge on any atom is 0.320 e. The number of nitrogens with zero attached hydrogens (tertiary/aromatic N) is 3. The summed E-state index contributed by atoms with van der Waals surface area (Å²) in [5, 5.41) is 18.0. The molecule has 0 unspecified atom stereocenters. The standard InChI is InChI=1S/C28H31F2N7O4/c1-16-14-17(5-6-18(16)27(38)34-11-10-32-9-3-4-20(31)28(39)40)36-25-26-35-15-21(37(26)13-12-33-25)19-7-8-22(41-2)24(30)23(19)29/h5-8,12-15,20,32H,3-4,9-11,31H2,1-2H3,(H,33,36)(H,34,38)(H,39,40)/t20-/m0/s1. The van der Waals surface area contributed by atoms with Crippen molar-refractivity contribution in [3.63, 3.8) is 0 Å². The topological polar surface area (TPSA) is 156 Å². The quantitative estimate of drug-likeness (QED) is 0.153. The highest BCUT2D eigenvalue weighted by molar-refractivity contribution is 5.96. The molecule has 0 fully saturated rings. The Labute approximate surface area is 234 Å². The van der Waals surface area contributed by atoms with E-state index in [9.17, 15) is 18.4 Å². The van der Waals surface area contributed by atoms with E-state index in [1.807, 2.05) is 6.92 Å². The maximum absolute atomic E-state index is 14.7. The summed E-state index contributed by atoms with van der Waals surface area (Å²) in [5.74, 6) is -3.17. The van der Waals surface area contributed by atoms with Crippen LogP contribution in [0.3, 0.4) is 0 Å². The number of rotatable bonds is 13. The number of methoxy groups -OCH3 is 1. The van der Waals surface area contributed by atoms with Gasteiger partial charge in [0.2, 0.25) is 5.82 Å². The first-order valence-electron chi connectivity index (χ1n) is 12.9. The molecule has 0 saturated heterocycles. The van der Waals surface area contributed by atoms with Gasteiger partial charge in [-0.05, 0) is 62.2 Å². The predicted molar refractivity (Wildman–Crippen MR) is 149 cm³/mol. The number of aliphatic carboxylic acids is 1. The molecule has 11 nitrogen and oxygen atoms in total. The first-order chi connectivity index (χ1) is 19.7. The number of nitrogens with one attached hydrogen (secondary N) is 3. The van der Waals surface area contributed by atoms with Crippen LogP contribution in [-0.4, -0.2) is 64.1 Å². The number of halogens is 2. The Hall–Kier alpha value is -4.62. The van der Waals surface area contributed by atoms with E-state index in [-0.39, 0.29) is 17.2 Å². The van der Waals surface area contributed by atoms with E-state index >= 15 is 0 Å². The summed E-state index contributed by atoms with van der Waals surface area (Å²) in [6.45, 7) is 3.34. The maximum atomic E-state index is 14.7. The number of amides is 1. The fourth-order valence-electron chi connectivity index (χ4n) is 4.28. The number of nitrogens with two attached hydrogens (primary N) is 1. The average molecular weight is 568 g/mol. The van der Waals surface area contributed by atoms with Crippen molar-refractivity contribution in [3.05, 3.63) is 71.7 Å². The Morgan fingerprint density at radius 3 is 2.66 bits per heavy atom. The Morgan fingerprint density at radius 2 is 1.93 bits per heavy atom. The van der Waals surface area contributed by atoms with E-state index in [0.717, 1.165) is 5.56 Å². The molecule has 1 atom stereocenters. The van der Waals surface area contributed by atoms with Gasteiger partial charge in [-0.1, -0.05) is 0 Å². The minimum atomic E-state index is -1.08. The number of aromatic nitrogens is 3. The summed E-state index contributed by atoms with van der Waals surface area (Å²) in [5.41, 5.74) is 8.13. The summed E-state index contributed by atoms with van der Waals surface area (Å²) in [7, 11) is 1.27. The lowest BCUT2D eigenvalue weighted by Crippen LogP contribution is -2.34. The molecular formula is C28H31F2N7O4. The zero-order valence-electron chi connectivity index (χ0n) is 22.6. The lowest BCUT2D eigenvalue weighted by Gasteiger charge is -2.12. The van der Waals surface area contributed by atoms with E-state index in [1.54, 1.807) is 28.8 Å². The number of carboxylic acid groups (broad SMARTS) is 1. The summed E-state index contributed by atoms with van der Waals surface area (Å²) in [4.78, 5) is 32.1. The Kier molecular flexibility index (Phi) is 9.42. The Bertz CT molecular complexity index is 1560. The zero-order chi connectivity index (χ0) is 29.5. The molecule has 2 heterocycles. The highest BCUT2D eigenvalue weighted by Crippen LogP contribution is 2.31. The molecular weight excluding hydrogens is 536 g/mol. The largest absolute Gasteiger partial charge is 0.494 e. The number of benzene rings is 2. The van der Waals surface area contributed by atoms with Crippen LogP contribution in [0.15, 0.2) is 48.9 Å². The van der Waals surface area contributed by atoms with Crippen LogP contribution in [0.25, 0.3) is 16.9 Å². The first kappa shape index (κ1) is 29.4. The summed E-state index contributed by atoms with van der Waals surface area (Å²) < 4.78 is 35.5. The number of carbonyl (C=O) groups excluding carboxylic acids is 1. The number of carbonyl (C=O) groups is 2. The summed E-state index contributed by atoms with van der Waals surface area (Å²) in [6, 6.07) is 7.14. The van der Waals surface area contributed by atoms with Crippen molar-refractivity contribution in [3.8, 4) is 17.0 Å². The van der Waals surface area contributed by atoms with Crippen molar-refractivity contribution in [1.29, 1.82) is 0 Å². The minimum absolute atomic E-state index is 0.0248. The Balaban J connectivity index is 1.38. The smallest absolute Gasteiger partial charge is 0.320 e. The van der Waals surface area contributed by atoms with Crippen molar-refractivity contribution < 1.29 is 28.2 Å². The van der Waals surface area contributed by atoms with E-state index in [0.29, 0.717) is 60.9 Å². The van der Waals surface area contributed by atoms with Gasteiger partial charge in [-0.15, -0.1) is 0 Å². The molecule has 1 amide bonds. The zero-order valence-corrected chi connectivity index (χ0v) is 22.6. The number of hydrogen-bond donors (Lipinski definition) is 5.